The number of carbonyl (C=O) groups is 2. The molecule has 2 aromatic rings. The Labute approximate surface area is 115 Å². The van der Waals surface area contributed by atoms with E-state index in [0.29, 0.717) is 12.8 Å². The molecule has 3 rings (SSSR count). The van der Waals surface area contributed by atoms with Gasteiger partial charge in [0.25, 0.3) is 0 Å². The number of fused-ring (bicyclic) bond motifs is 2. The maximum Gasteiger partial charge on any atom is 0.335 e. The van der Waals surface area contributed by atoms with Crippen LogP contribution in [0.3, 0.4) is 0 Å². The molecule has 0 heterocycles. The van der Waals surface area contributed by atoms with Crippen LogP contribution in [0.4, 0.5) is 0 Å². The van der Waals surface area contributed by atoms with Crippen molar-refractivity contribution in [3.8, 4) is 0 Å². The van der Waals surface area contributed by atoms with Gasteiger partial charge in [-0.25, -0.2) is 9.59 Å². The van der Waals surface area contributed by atoms with E-state index >= 15 is 0 Å². The summed E-state index contributed by atoms with van der Waals surface area (Å²) in [5.74, 6) is -1.86. The van der Waals surface area contributed by atoms with Crippen LogP contribution in [0.15, 0.2) is 36.4 Å². The lowest BCUT2D eigenvalue weighted by Gasteiger charge is -2.20. The SMILES string of the molecule is O=C(O)c1ccc2c(c1)Cc1ccc(C(=O)O)cc1C2. The molecule has 0 atom stereocenters. The predicted molar refractivity (Wildman–Crippen MR) is 72.4 cm³/mol. The Hall–Kier alpha value is -2.62. The Morgan fingerprint density at radius 2 is 1.10 bits per heavy atom. The largest absolute Gasteiger partial charge is 0.478 e. The maximum atomic E-state index is 11.0. The molecule has 1 aliphatic rings. The minimum atomic E-state index is -0.931. The summed E-state index contributed by atoms with van der Waals surface area (Å²) in [6, 6.07) is 10.2. The van der Waals surface area contributed by atoms with Gasteiger partial charge in [0, 0.05) is 0 Å². The lowest BCUT2D eigenvalue weighted by atomic mass is 9.84. The van der Waals surface area contributed by atoms with E-state index in [1.165, 1.54) is 0 Å². The fourth-order valence-electron chi connectivity index (χ4n) is 2.60. The van der Waals surface area contributed by atoms with Gasteiger partial charge in [-0.15, -0.1) is 0 Å². The Bertz CT molecular complexity index is 668. The van der Waals surface area contributed by atoms with E-state index in [9.17, 15) is 9.59 Å². The molecule has 0 bridgehead atoms. The van der Waals surface area contributed by atoms with Crippen molar-refractivity contribution in [2.45, 2.75) is 12.8 Å². The van der Waals surface area contributed by atoms with Crippen LogP contribution in [0.5, 0.6) is 0 Å². The Balaban J connectivity index is 2.02. The van der Waals surface area contributed by atoms with Gasteiger partial charge in [0.05, 0.1) is 11.1 Å². The highest BCUT2D eigenvalue weighted by molar-refractivity contribution is 5.89. The van der Waals surface area contributed by atoms with Crippen molar-refractivity contribution in [3.05, 3.63) is 69.8 Å². The molecule has 4 heteroatoms. The first-order valence-electron chi connectivity index (χ1n) is 6.25. The molecule has 0 unspecified atom stereocenters. The van der Waals surface area contributed by atoms with Gasteiger partial charge in [-0.2, -0.15) is 0 Å². The normalized spacial score (nSPS) is 12.4. The van der Waals surface area contributed by atoms with E-state index in [0.717, 1.165) is 22.3 Å². The molecule has 0 saturated carbocycles. The fraction of sp³-hybridized carbons (Fsp3) is 0.125. The van der Waals surface area contributed by atoms with Crippen molar-refractivity contribution in [2.24, 2.45) is 0 Å². The second-order valence-electron chi connectivity index (χ2n) is 4.93. The van der Waals surface area contributed by atoms with Crippen LogP contribution in [0.1, 0.15) is 43.0 Å². The third-order valence-corrected chi connectivity index (χ3v) is 3.67. The van der Waals surface area contributed by atoms with Crippen molar-refractivity contribution < 1.29 is 19.8 Å². The van der Waals surface area contributed by atoms with Crippen LogP contribution in [0, 0.1) is 0 Å². The summed E-state index contributed by atoms with van der Waals surface area (Å²) in [4.78, 5) is 22.0. The van der Waals surface area contributed by atoms with Gasteiger partial charge in [-0.05, 0) is 59.4 Å². The molecule has 0 aromatic heterocycles. The molecule has 0 saturated heterocycles. The van der Waals surface area contributed by atoms with Crippen LogP contribution in [-0.4, -0.2) is 22.2 Å². The predicted octanol–water partition coefficient (Wildman–Crippen LogP) is 2.58. The summed E-state index contributed by atoms with van der Waals surface area (Å²) >= 11 is 0. The molecule has 2 N–H and O–H groups in total. The number of hydrogen-bond donors (Lipinski definition) is 2. The number of hydrogen-bond acceptors (Lipinski definition) is 2. The van der Waals surface area contributed by atoms with Crippen LogP contribution >= 0.6 is 0 Å². The Morgan fingerprint density at radius 3 is 1.45 bits per heavy atom. The molecule has 0 fully saturated rings. The average molecular weight is 268 g/mol. The zero-order chi connectivity index (χ0) is 14.3. The van der Waals surface area contributed by atoms with Gasteiger partial charge in [-0.3, -0.25) is 0 Å². The topological polar surface area (TPSA) is 74.6 Å². The maximum absolute atomic E-state index is 11.0. The summed E-state index contributed by atoms with van der Waals surface area (Å²) < 4.78 is 0. The quantitative estimate of drug-likeness (QED) is 0.749. The second kappa shape index (κ2) is 4.49. The van der Waals surface area contributed by atoms with Gasteiger partial charge in [-0.1, -0.05) is 12.1 Å². The number of rotatable bonds is 2. The van der Waals surface area contributed by atoms with Crippen molar-refractivity contribution in [1.82, 2.24) is 0 Å². The molecular formula is C16H12O4. The van der Waals surface area contributed by atoms with Crippen LogP contribution < -0.4 is 0 Å². The fourth-order valence-corrected chi connectivity index (χ4v) is 2.60. The van der Waals surface area contributed by atoms with Crippen molar-refractivity contribution in [2.75, 3.05) is 0 Å². The molecular weight excluding hydrogens is 256 g/mol. The molecule has 100 valence electrons. The van der Waals surface area contributed by atoms with Crippen LogP contribution in [0.2, 0.25) is 0 Å². The van der Waals surface area contributed by atoms with Crippen molar-refractivity contribution >= 4 is 11.9 Å². The second-order valence-corrected chi connectivity index (χ2v) is 4.93. The smallest absolute Gasteiger partial charge is 0.335 e. The van der Waals surface area contributed by atoms with E-state index in [-0.39, 0.29) is 11.1 Å². The van der Waals surface area contributed by atoms with E-state index in [1.54, 1.807) is 24.3 Å². The standard InChI is InChI=1S/C16H12O4/c17-15(18)11-3-1-9-5-14-8-12(16(19)20)4-2-10(14)6-13(9)7-11/h1-4,7-8H,5-6H2,(H,17,18)(H,19,20). The van der Waals surface area contributed by atoms with Gasteiger partial charge in [0.2, 0.25) is 0 Å². The van der Waals surface area contributed by atoms with E-state index in [4.69, 9.17) is 10.2 Å². The monoisotopic (exact) mass is 268 g/mol. The Morgan fingerprint density at radius 1 is 0.700 bits per heavy atom. The lowest BCUT2D eigenvalue weighted by molar-refractivity contribution is 0.0686. The molecule has 0 amide bonds. The first-order chi connectivity index (χ1) is 9.54. The van der Waals surface area contributed by atoms with E-state index < -0.39 is 11.9 Å². The van der Waals surface area contributed by atoms with E-state index in [1.807, 2.05) is 12.1 Å². The van der Waals surface area contributed by atoms with Gasteiger partial charge < -0.3 is 10.2 Å². The van der Waals surface area contributed by atoms with E-state index in [2.05, 4.69) is 0 Å². The van der Waals surface area contributed by atoms with Crippen LogP contribution in [-0.2, 0) is 12.8 Å². The summed E-state index contributed by atoms with van der Waals surface area (Å²) in [6.07, 6.45) is 1.29. The molecule has 0 spiro atoms. The first-order valence-corrected chi connectivity index (χ1v) is 6.25. The van der Waals surface area contributed by atoms with Crippen molar-refractivity contribution in [3.63, 3.8) is 0 Å². The molecule has 1 aliphatic carbocycles. The number of carboxylic acids is 2. The molecule has 0 aliphatic heterocycles. The lowest BCUT2D eigenvalue weighted by Crippen LogP contribution is -2.10. The highest BCUT2D eigenvalue weighted by Crippen LogP contribution is 2.28. The third-order valence-electron chi connectivity index (χ3n) is 3.67. The zero-order valence-electron chi connectivity index (χ0n) is 10.6. The summed E-state index contributed by atoms with van der Waals surface area (Å²) in [7, 11) is 0. The average Bonchev–Trinajstić information content (AvgIpc) is 2.43. The molecule has 2 aromatic carbocycles. The molecule has 0 radical (unpaired) electrons. The number of aromatic carboxylic acids is 2. The van der Waals surface area contributed by atoms with Crippen molar-refractivity contribution in [1.29, 1.82) is 0 Å². The van der Waals surface area contributed by atoms with Gasteiger partial charge >= 0.3 is 11.9 Å². The van der Waals surface area contributed by atoms with Gasteiger partial charge in [0.1, 0.15) is 0 Å². The Kier molecular flexibility index (Phi) is 2.79. The third kappa shape index (κ3) is 2.05. The highest BCUT2D eigenvalue weighted by atomic mass is 16.4. The summed E-state index contributed by atoms with van der Waals surface area (Å²) in [5, 5.41) is 18.0. The minimum Gasteiger partial charge on any atom is -0.478 e. The molecule has 20 heavy (non-hydrogen) atoms. The van der Waals surface area contributed by atoms with Crippen LogP contribution in [0.25, 0.3) is 0 Å². The van der Waals surface area contributed by atoms with Gasteiger partial charge in [0.15, 0.2) is 0 Å². The first kappa shape index (κ1) is 12.4. The summed E-state index contributed by atoms with van der Waals surface area (Å²) in [5.41, 5.74) is 4.69. The zero-order valence-corrected chi connectivity index (χ0v) is 10.6. The highest BCUT2D eigenvalue weighted by Gasteiger charge is 2.18. The minimum absolute atomic E-state index is 0.286. The number of benzene rings is 2. The molecule has 4 nitrogen and oxygen atoms in total. The summed E-state index contributed by atoms with van der Waals surface area (Å²) in [6.45, 7) is 0. The number of carboxylic acid groups (broad SMARTS) is 2.